The molecule has 1 aromatic carbocycles. The molecule has 27 heavy (non-hydrogen) atoms. The molecule has 0 saturated heterocycles. The maximum Gasteiger partial charge on any atom is 0.433 e. The lowest BCUT2D eigenvalue weighted by atomic mass is 10.1. The zero-order chi connectivity index (χ0) is 20.0. The molecule has 6 nitrogen and oxygen atoms in total. The van der Waals surface area contributed by atoms with Crippen LogP contribution >= 0.6 is 11.6 Å². The highest BCUT2D eigenvalue weighted by atomic mass is 35.5. The number of methoxy groups -OCH3 is 1. The molecule has 1 aromatic heterocycles. The van der Waals surface area contributed by atoms with E-state index in [2.05, 4.69) is 10.3 Å². The van der Waals surface area contributed by atoms with Crippen molar-refractivity contribution in [3.05, 3.63) is 52.3 Å². The highest BCUT2D eigenvalue weighted by molar-refractivity contribution is 6.31. The average molecular weight is 405 g/mol. The number of nitrogens with one attached hydrogen (secondary N) is 1. The van der Waals surface area contributed by atoms with Crippen LogP contribution in [0.4, 0.5) is 18.9 Å². The second-order valence-corrected chi connectivity index (χ2v) is 5.83. The Bertz CT molecular complexity index is 798. The summed E-state index contributed by atoms with van der Waals surface area (Å²) in [6.07, 6.45) is -3.71. The fraction of sp³-hybridized carbons (Fsp3) is 0.294. The SMILES string of the molecule is COCCOCc1cc(Cl)cc(C(=O)Nc2ccc(C(F)(F)F)nc2)c1O. The summed E-state index contributed by atoms with van der Waals surface area (Å²) >= 11 is 5.97. The number of anilines is 1. The summed E-state index contributed by atoms with van der Waals surface area (Å²) < 4.78 is 47.7. The van der Waals surface area contributed by atoms with Crippen LogP contribution in [0.25, 0.3) is 0 Å². The minimum Gasteiger partial charge on any atom is -0.507 e. The van der Waals surface area contributed by atoms with Gasteiger partial charge in [0.1, 0.15) is 11.4 Å². The van der Waals surface area contributed by atoms with Gasteiger partial charge in [-0.1, -0.05) is 11.6 Å². The Morgan fingerprint density at radius 3 is 2.63 bits per heavy atom. The first-order chi connectivity index (χ1) is 12.7. The summed E-state index contributed by atoms with van der Waals surface area (Å²) in [6.45, 7) is 0.634. The van der Waals surface area contributed by atoms with Crippen LogP contribution in [0.3, 0.4) is 0 Å². The van der Waals surface area contributed by atoms with Crippen LogP contribution in [0.5, 0.6) is 5.75 Å². The zero-order valence-electron chi connectivity index (χ0n) is 14.1. The zero-order valence-corrected chi connectivity index (χ0v) is 14.9. The number of rotatable bonds is 7. The molecule has 2 aromatic rings. The molecule has 2 rings (SSSR count). The monoisotopic (exact) mass is 404 g/mol. The minimum absolute atomic E-state index is 0.00211. The highest BCUT2D eigenvalue weighted by Crippen LogP contribution is 2.30. The van der Waals surface area contributed by atoms with E-state index in [4.69, 9.17) is 21.1 Å². The van der Waals surface area contributed by atoms with Crippen LogP contribution in [0.2, 0.25) is 5.02 Å². The van der Waals surface area contributed by atoms with E-state index in [0.717, 1.165) is 18.3 Å². The van der Waals surface area contributed by atoms with Gasteiger partial charge in [0.05, 0.1) is 37.3 Å². The predicted octanol–water partition coefficient (Wildman–Crippen LogP) is 3.87. The van der Waals surface area contributed by atoms with E-state index >= 15 is 0 Å². The van der Waals surface area contributed by atoms with Crippen molar-refractivity contribution in [3.8, 4) is 5.75 Å². The molecule has 0 aliphatic rings. The number of carbonyl (C=O) groups is 1. The lowest BCUT2D eigenvalue weighted by molar-refractivity contribution is -0.141. The number of benzene rings is 1. The first kappa shape index (κ1) is 20.9. The van der Waals surface area contributed by atoms with Gasteiger partial charge < -0.3 is 19.9 Å². The van der Waals surface area contributed by atoms with Crippen molar-refractivity contribution in [1.82, 2.24) is 4.98 Å². The summed E-state index contributed by atoms with van der Waals surface area (Å²) in [7, 11) is 1.51. The van der Waals surface area contributed by atoms with Crippen molar-refractivity contribution in [2.75, 3.05) is 25.6 Å². The van der Waals surface area contributed by atoms with Gasteiger partial charge in [0.2, 0.25) is 0 Å². The molecule has 0 bridgehead atoms. The fourth-order valence-electron chi connectivity index (χ4n) is 2.10. The molecule has 1 amide bonds. The van der Waals surface area contributed by atoms with Gasteiger partial charge in [0, 0.05) is 17.7 Å². The average Bonchev–Trinajstić information content (AvgIpc) is 2.60. The largest absolute Gasteiger partial charge is 0.507 e. The van der Waals surface area contributed by atoms with Crippen LogP contribution in [0.15, 0.2) is 30.5 Å². The van der Waals surface area contributed by atoms with Gasteiger partial charge in [-0.3, -0.25) is 4.79 Å². The fourth-order valence-corrected chi connectivity index (χ4v) is 2.34. The Morgan fingerprint density at radius 1 is 1.30 bits per heavy atom. The van der Waals surface area contributed by atoms with Crippen molar-refractivity contribution in [1.29, 1.82) is 0 Å². The third-order valence-electron chi connectivity index (χ3n) is 3.40. The van der Waals surface area contributed by atoms with Crippen LogP contribution in [0.1, 0.15) is 21.6 Å². The molecule has 0 saturated carbocycles. The lowest BCUT2D eigenvalue weighted by Crippen LogP contribution is -2.14. The van der Waals surface area contributed by atoms with Gasteiger partial charge in [-0.25, -0.2) is 4.98 Å². The van der Waals surface area contributed by atoms with Crippen LogP contribution in [0, 0.1) is 0 Å². The topological polar surface area (TPSA) is 80.7 Å². The Kier molecular flexibility index (Phi) is 7.00. The number of hydrogen-bond acceptors (Lipinski definition) is 5. The van der Waals surface area contributed by atoms with Gasteiger partial charge in [-0.2, -0.15) is 13.2 Å². The molecule has 0 spiro atoms. The predicted molar refractivity (Wildman–Crippen MR) is 91.8 cm³/mol. The number of ether oxygens (including phenoxy) is 2. The van der Waals surface area contributed by atoms with Crippen LogP contribution in [-0.4, -0.2) is 36.3 Å². The summed E-state index contributed by atoms with van der Waals surface area (Å²) in [5, 5.41) is 12.8. The van der Waals surface area contributed by atoms with Crippen molar-refractivity contribution >= 4 is 23.2 Å². The molecular formula is C17H16ClF3N2O4. The van der Waals surface area contributed by atoms with Gasteiger partial charge >= 0.3 is 6.18 Å². The Balaban J connectivity index is 2.14. The number of amides is 1. The molecule has 0 atom stereocenters. The molecule has 0 aliphatic heterocycles. The summed E-state index contributed by atoms with van der Waals surface area (Å²) in [5.74, 6) is -1.09. The van der Waals surface area contributed by atoms with Crippen molar-refractivity contribution < 1.29 is 32.5 Å². The summed E-state index contributed by atoms with van der Waals surface area (Å²) in [4.78, 5) is 15.6. The highest BCUT2D eigenvalue weighted by Gasteiger charge is 2.32. The second kappa shape index (κ2) is 9.03. The Hall–Kier alpha value is -2.36. The molecule has 146 valence electrons. The third-order valence-corrected chi connectivity index (χ3v) is 3.62. The number of hydrogen-bond donors (Lipinski definition) is 2. The third kappa shape index (κ3) is 5.81. The van der Waals surface area contributed by atoms with E-state index in [9.17, 15) is 23.1 Å². The smallest absolute Gasteiger partial charge is 0.433 e. The van der Waals surface area contributed by atoms with Gasteiger partial charge in [0.25, 0.3) is 5.91 Å². The van der Waals surface area contributed by atoms with E-state index in [0.29, 0.717) is 6.61 Å². The summed E-state index contributed by atoms with van der Waals surface area (Å²) in [6, 6.07) is 4.48. The first-order valence-corrected chi connectivity index (χ1v) is 8.03. The number of phenols is 1. The first-order valence-electron chi connectivity index (χ1n) is 7.65. The minimum atomic E-state index is -4.58. The molecule has 0 radical (unpaired) electrons. The van der Waals surface area contributed by atoms with E-state index in [1.807, 2.05) is 0 Å². The van der Waals surface area contributed by atoms with E-state index in [-0.39, 0.29) is 40.8 Å². The van der Waals surface area contributed by atoms with E-state index < -0.39 is 17.8 Å². The molecule has 0 aliphatic carbocycles. The van der Waals surface area contributed by atoms with Crippen LogP contribution < -0.4 is 5.32 Å². The number of nitrogens with zero attached hydrogens (tertiary/aromatic N) is 1. The van der Waals surface area contributed by atoms with Crippen molar-refractivity contribution in [3.63, 3.8) is 0 Å². The number of alkyl halides is 3. The molecule has 0 fully saturated rings. The quantitative estimate of drug-likeness (QED) is 0.685. The van der Waals surface area contributed by atoms with Gasteiger partial charge in [-0.05, 0) is 24.3 Å². The molecule has 2 N–H and O–H groups in total. The van der Waals surface area contributed by atoms with Gasteiger partial charge in [0.15, 0.2) is 0 Å². The Labute approximate surface area is 157 Å². The number of aromatic nitrogens is 1. The van der Waals surface area contributed by atoms with E-state index in [1.54, 1.807) is 0 Å². The van der Waals surface area contributed by atoms with Crippen molar-refractivity contribution in [2.45, 2.75) is 12.8 Å². The van der Waals surface area contributed by atoms with Gasteiger partial charge in [-0.15, -0.1) is 0 Å². The molecule has 1 heterocycles. The number of halogens is 4. The number of aromatic hydroxyl groups is 1. The Morgan fingerprint density at radius 2 is 2.04 bits per heavy atom. The molecular weight excluding hydrogens is 389 g/mol. The maximum atomic E-state index is 12.5. The molecule has 0 unspecified atom stereocenters. The van der Waals surface area contributed by atoms with Crippen LogP contribution in [-0.2, 0) is 22.3 Å². The number of carbonyl (C=O) groups excluding carboxylic acids is 1. The normalized spacial score (nSPS) is 11.4. The molecule has 10 heteroatoms. The second-order valence-electron chi connectivity index (χ2n) is 5.39. The maximum absolute atomic E-state index is 12.5. The number of pyridine rings is 1. The number of phenolic OH excluding ortho intramolecular Hbond substituents is 1. The van der Waals surface area contributed by atoms with Crippen molar-refractivity contribution in [2.24, 2.45) is 0 Å². The lowest BCUT2D eigenvalue weighted by Gasteiger charge is -2.12. The van der Waals surface area contributed by atoms with E-state index in [1.165, 1.54) is 19.2 Å². The summed E-state index contributed by atoms with van der Waals surface area (Å²) in [5.41, 5.74) is -0.908. The standard InChI is InChI=1S/C17H16ClF3N2O4/c1-26-4-5-27-9-10-6-11(18)7-13(15(10)24)16(25)23-12-2-3-14(22-8-12)17(19,20)21/h2-3,6-8,24H,4-5,9H2,1H3,(H,23,25).